The van der Waals surface area contributed by atoms with E-state index in [0.29, 0.717) is 32.8 Å². The molecule has 2 aliphatic heterocycles. The van der Waals surface area contributed by atoms with E-state index < -0.39 is 5.41 Å². The summed E-state index contributed by atoms with van der Waals surface area (Å²) in [6.07, 6.45) is 3.61. The Balaban J connectivity index is 1.60. The number of nitrogens with zero attached hydrogens (tertiary/aromatic N) is 1. The molecule has 148 valence electrons. The van der Waals surface area contributed by atoms with Crippen LogP contribution in [-0.2, 0) is 19.1 Å². The minimum Gasteiger partial charge on any atom is -0.392 e. The molecular weight excluding hydrogens is 344 g/mol. The molecule has 0 aliphatic carbocycles. The van der Waals surface area contributed by atoms with Crippen molar-refractivity contribution in [1.82, 2.24) is 5.32 Å². The fourth-order valence-corrected chi connectivity index (χ4v) is 3.78. The fraction of sp³-hybridized carbons (Fsp3) is 0.619. The van der Waals surface area contributed by atoms with Crippen LogP contribution < -0.4 is 5.32 Å². The number of hydrogen-bond donors (Lipinski definition) is 1. The molecule has 0 radical (unpaired) electrons. The summed E-state index contributed by atoms with van der Waals surface area (Å²) in [6, 6.07) is 8.32. The molecule has 1 amide bonds. The Morgan fingerprint density at radius 2 is 2.04 bits per heavy atom. The highest BCUT2D eigenvalue weighted by atomic mass is 16.6. The van der Waals surface area contributed by atoms with Gasteiger partial charge in [0.25, 0.3) is 0 Å². The third kappa shape index (κ3) is 5.08. The first-order chi connectivity index (χ1) is 13.1. The zero-order valence-electron chi connectivity index (χ0n) is 16.3. The molecule has 0 saturated carbocycles. The Kier molecular flexibility index (Phi) is 6.85. The molecule has 6 nitrogen and oxygen atoms in total. The lowest BCUT2D eigenvalue weighted by Gasteiger charge is -2.37. The van der Waals surface area contributed by atoms with Gasteiger partial charge in [-0.25, -0.2) is 0 Å². The van der Waals surface area contributed by atoms with Crippen LogP contribution in [0.2, 0.25) is 0 Å². The van der Waals surface area contributed by atoms with Gasteiger partial charge in [0, 0.05) is 46.3 Å². The zero-order valence-corrected chi connectivity index (χ0v) is 16.3. The van der Waals surface area contributed by atoms with Crippen molar-refractivity contribution >= 4 is 11.6 Å². The SMILES string of the molecule is COCCCNC(=O)C1(C[C@@H]2CC(c3ccc(C)cc3)=NO2)CCOCC1. The second-order valence-corrected chi connectivity index (χ2v) is 7.53. The lowest BCUT2D eigenvalue weighted by molar-refractivity contribution is -0.140. The molecule has 0 aromatic heterocycles. The van der Waals surface area contributed by atoms with Crippen LogP contribution in [0.15, 0.2) is 29.4 Å². The molecule has 0 spiro atoms. The zero-order chi connectivity index (χ0) is 19.1. The Labute approximate surface area is 161 Å². The monoisotopic (exact) mass is 374 g/mol. The topological polar surface area (TPSA) is 69.2 Å². The number of nitrogens with one attached hydrogen (secondary N) is 1. The Morgan fingerprint density at radius 3 is 2.74 bits per heavy atom. The van der Waals surface area contributed by atoms with Gasteiger partial charge in [-0.15, -0.1) is 0 Å². The summed E-state index contributed by atoms with van der Waals surface area (Å²) in [6.45, 7) is 4.58. The molecule has 1 saturated heterocycles. The first kappa shape index (κ1) is 19.8. The third-order valence-electron chi connectivity index (χ3n) is 5.48. The van der Waals surface area contributed by atoms with Crippen molar-refractivity contribution in [2.45, 2.75) is 45.1 Å². The van der Waals surface area contributed by atoms with Gasteiger partial charge in [-0.1, -0.05) is 35.0 Å². The largest absolute Gasteiger partial charge is 0.392 e. The maximum absolute atomic E-state index is 13.0. The van der Waals surface area contributed by atoms with Crippen molar-refractivity contribution in [3.63, 3.8) is 0 Å². The van der Waals surface area contributed by atoms with E-state index >= 15 is 0 Å². The standard InChI is InChI=1S/C21H30N2O4/c1-16-4-6-17(7-5-16)19-14-18(27-23-19)15-21(8-12-26-13-9-21)20(24)22-10-3-11-25-2/h4-7,18H,3,8-15H2,1-2H3,(H,22,24)/t18-/m0/s1. The molecular formula is C21H30N2O4. The fourth-order valence-electron chi connectivity index (χ4n) is 3.78. The number of oxime groups is 1. The van der Waals surface area contributed by atoms with Gasteiger partial charge in [-0.05, 0) is 31.7 Å². The van der Waals surface area contributed by atoms with Crippen LogP contribution >= 0.6 is 0 Å². The predicted molar refractivity (Wildman–Crippen MR) is 104 cm³/mol. The van der Waals surface area contributed by atoms with E-state index in [4.69, 9.17) is 14.3 Å². The number of hydrogen-bond acceptors (Lipinski definition) is 5. The molecule has 0 bridgehead atoms. The number of carbonyl (C=O) groups excluding carboxylic acids is 1. The van der Waals surface area contributed by atoms with E-state index in [0.717, 1.165) is 37.0 Å². The molecule has 2 aliphatic rings. The molecule has 1 atom stereocenters. The predicted octanol–water partition coefficient (Wildman–Crippen LogP) is 2.83. The Bertz CT molecular complexity index is 651. The maximum Gasteiger partial charge on any atom is 0.226 e. The molecule has 0 unspecified atom stereocenters. The van der Waals surface area contributed by atoms with Crippen LogP contribution in [0.1, 0.15) is 43.2 Å². The van der Waals surface area contributed by atoms with Crippen molar-refractivity contribution in [3.8, 4) is 0 Å². The summed E-state index contributed by atoms with van der Waals surface area (Å²) in [7, 11) is 1.67. The van der Waals surface area contributed by atoms with Gasteiger partial charge in [0.15, 0.2) is 0 Å². The normalized spacial score (nSPS) is 21.4. The number of benzene rings is 1. The average Bonchev–Trinajstić information content (AvgIpc) is 3.14. The Hall–Kier alpha value is -1.92. The molecule has 1 fully saturated rings. The van der Waals surface area contributed by atoms with Gasteiger partial charge < -0.3 is 19.6 Å². The summed E-state index contributed by atoms with van der Waals surface area (Å²) in [4.78, 5) is 18.7. The number of ether oxygens (including phenoxy) is 2. The molecule has 27 heavy (non-hydrogen) atoms. The van der Waals surface area contributed by atoms with Crippen LogP contribution in [0.25, 0.3) is 0 Å². The van der Waals surface area contributed by atoms with Gasteiger partial charge in [-0.2, -0.15) is 0 Å². The molecule has 3 rings (SSSR count). The summed E-state index contributed by atoms with van der Waals surface area (Å²) < 4.78 is 10.6. The minimum absolute atomic E-state index is 0.0656. The summed E-state index contributed by atoms with van der Waals surface area (Å²) in [5.41, 5.74) is 2.84. The number of carbonyl (C=O) groups is 1. The second kappa shape index (κ2) is 9.33. The Morgan fingerprint density at radius 1 is 1.30 bits per heavy atom. The average molecular weight is 374 g/mol. The van der Waals surface area contributed by atoms with Crippen LogP contribution in [0.5, 0.6) is 0 Å². The van der Waals surface area contributed by atoms with Gasteiger partial charge in [0.2, 0.25) is 5.91 Å². The lowest BCUT2D eigenvalue weighted by Crippen LogP contribution is -2.47. The highest BCUT2D eigenvalue weighted by Gasteiger charge is 2.43. The first-order valence-electron chi connectivity index (χ1n) is 9.78. The van der Waals surface area contributed by atoms with Crippen LogP contribution in [-0.4, -0.2) is 51.2 Å². The van der Waals surface area contributed by atoms with Crippen LogP contribution in [0.4, 0.5) is 0 Å². The molecule has 1 aromatic carbocycles. The number of aryl methyl sites for hydroxylation is 1. The summed E-state index contributed by atoms with van der Waals surface area (Å²) in [5, 5.41) is 7.38. The van der Waals surface area contributed by atoms with E-state index in [2.05, 4.69) is 41.7 Å². The molecule has 6 heteroatoms. The summed E-state index contributed by atoms with van der Waals surface area (Å²) in [5.74, 6) is 0.106. The van der Waals surface area contributed by atoms with E-state index in [-0.39, 0.29) is 12.0 Å². The lowest BCUT2D eigenvalue weighted by atomic mass is 9.74. The van der Waals surface area contributed by atoms with Gasteiger partial charge >= 0.3 is 0 Å². The van der Waals surface area contributed by atoms with Crippen molar-refractivity contribution in [1.29, 1.82) is 0 Å². The molecule has 2 heterocycles. The number of methoxy groups -OCH3 is 1. The smallest absolute Gasteiger partial charge is 0.226 e. The molecule has 1 N–H and O–H groups in total. The van der Waals surface area contributed by atoms with Crippen molar-refractivity contribution in [2.75, 3.05) is 33.5 Å². The van der Waals surface area contributed by atoms with Gasteiger partial charge in [0.05, 0.1) is 11.1 Å². The maximum atomic E-state index is 13.0. The van der Waals surface area contributed by atoms with Crippen LogP contribution in [0, 0.1) is 12.3 Å². The van der Waals surface area contributed by atoms with Gasteiger partial charge in [0.1, 0.15) is 6.10 Å². The van der Waals surface area contributed by atoms with E-state index in [1.54, 1.807) is 7.11 Å². The molecule has 1 aromatic rings. The number of amides is 1. The third-order valence-corrected chi connectivity index (χ3v) is 5.48. The van der Waals surface area contributed by atoms with Crippen LogP contribution in [0.3, 0.4) is 0 Å². The highest BCUT2D eigenvalue weighted by molar-refractivity contribution is 6.01. The highest BCUT2D eigenvalue weighted by Crippen LogP contribution is 2.38. The van der Waals surface area contributed by atoms with Crippen molar-refractivity contribution in [3.05, 3.63) is 35.4 Å². The first-order valence-corrected chi connectivity index (χ1v) is 9.78. The van der Waals surface area contributed by atoms with E-state index in [1.165, 1.54) is 5.56 Å². The quantitative estimate of drug-likeness (QED) is 0.711. The number of rotatable bonds is 8. The van der Waals surface area contributed by atoms with Crippen molar-refractivity contribution < 1.29 is 19.1 Å². The van der Waals surface area contributed by atoms with E-state index in [1.807, 2.05) is 0 Å². The van der Waals surface area contributed by atoms with E-state index in [9.17, 15) is 4.79 Å². The minimum atomic E-state index is -0.436. The van der Waals surface area contributed by atoms with Gasteiger partial charge in [-0.3, -0.25) is 4.79 Å². The summed E-state index contributed by atoms with van der Waals surface area (Å²) >= 11 is 0. The van der Waals surface area contributed by atoms with Crippen molar-refractivity contribution in [2.24, 2.45) is 10.6 Å². The second-order valence-electron chi connectivity index (χ2n) is 7.53.